The first-order valence-corrected chi connectivity index (χ1v) is 5.87. The van der Waals surface area contributed by atoms with E-state index < -0.39 is 39.5 Å². The van der Waals surface area contributed by atoms with E-state index in [1.165, 1.54) is 0 Å². The quantitative estimate of drug-likeness (QED) is 0.410. The molecule has 2 aromatic rings. The number of carbonyl (C=O) groups is 1. The van der Waals surface area contributed by atoms with E-state index in [2.05, 4.69) is 25.9 Å². The number of H-pyrrole nitrogens is 1. The van der Waals surface area contributed by atoms with E-state index in [4.69, 9.17) is 10.4 Å². The molecule has 0 aliphatic heterocycles. The molecule has 0 bridgehead atoms. The number of nitrogens with zero attached hydrogens (tertiary/aromatic N) is 5. The van der Waals surface area contributed by atoms with Crippen LogP contribution in [0.25, 0.3) is 5.57 Å². The predicted octanol–water partition coefficient (Wildman–Crippen LogP) is 1.06. The lowest BCUT2D eigenvalue weighted by atomic mass is 10.1. The molecule has 0 spiro atoms. The van der Waals surface area contributed by atoms with Crippen molar-refractivity contribution in [2.75, 3.05) is 5.32 Å². The molecule has 0 radical (unpaired) electrons. The maximum Gasteiger partial charge on any atom is 0.339 e. The van der Waals surface area contributed by atoms with E-state index in [0.29, 0.717) is 6.07 Å². The molecule has 13 heteroatoms. The highest BCUT2D eigenvalue weighted by molar-refractivity contribution is 5.90. The van der Waals surface area contributed by atoms with Gasteiger partial charge in [0.15, 0.2) is 17.3 Å². The number of carboxylic acid groups (broad SMARTS) is 1. The van der Waals surface area contributed by atoms with Crippen molar-refractivity contribution < 1.29 is 23.6 Å². The van der Waals surface area contributed by atoms with Gasteiger partial charge in [-0.25, -0.2) is 13.6 Å². The van der Waals surface area contributed by atoms with E-state index in [1.807, 2.05) is 0 Å². The van der Waals surface area contributed by atoms with E-state index in [-0.39, 0.29) is 11.4 Å². The van der Waals surface area contributed by atoms with Crippen molar-refractivity contribution in [1.29, 1.82) is 5.26 Å². The van der Waals surface area contributed by atoms with E-state index in [0.717, 1.165) is 6.20 Å². The second kappa shape index (κ2) is 6.44. The zero-order valence-corrected chi connectivity index (χ0v) is 11.3. The van der Waals surface area contributed by atoms with Crippen molar-refractivity contribution in [3.05, 3.63) is 45.4 Å². The first-order valence-electron chi connectivity index (χ1n) is 5.87. The smallest absolute Gasteiger partial charge is 0.339 e. The Hall–Kier alpha value is -3.95. The number of hydrogen-bond donors (Lipinski definition) is 3. The minimum absolute atomic E-state index is 0.198. The van der Waals surface area contributed by atoms with Gasteiger partial charge in [-0.05, 0) is 5.21 Å². The van der Waals surface area contributed by atoms with Crippen LogP contribution in [0.1, 0.15) is 16.2 Å². The number of halogens is 2. The number of tetrazole rings is 1. The highest BCUT2D eigenvalue weighted by Crippen LogP contribution is 2.32. The minimum atomic E-state index is -1.87. The molecular weight excluding hydrogens is 332 g/mol. The maximum absolute atomic E-state index is 14.0. The largest absolute Gasteiger partial charge is 0.478 e. The van der Waals surface area contributed by atoms with Crippen molar-refractivity contribution in [2.45, 2.75) is 0 Å². The topological polar surface area (TPSA) is 171 Å². The SMILES string of the molecule is N#CC(=CNc1c([N+](=O)[O-])cc(C(=O)O)c(F)c1F)c1nn[nH]n1. The number of carboxylic acids is 1. The van der Waals surface area contributed by atoms with E-state index in [9.17, 15) is 23.7 Å². The first kappa shape index (κ1) is 16.4. The van der Waals surface area contributed by atoms with Crippen molar-refractivity contribution in [3.8, 4) is 6.07 Å². The zero-order chi connectivity index (χ0) is 17.9. The predicted molar refractivity (Wildman–Crippen MR) is 71.4 cm³/mol. The average Bonchev–Trinajstić information content (AvgIpc) is 3.05. The molecule has 0 aliphatic carbocycles. The minimum Gasteiger partial charge on any atom is -0.478 e. The molecule has 0 amide bonds. The van der Waals surface area contributed by atoms with Crippen LogP contribution in [0, 0.1) is 33.1 Å². The molecule has 122 valence electrons. The third-order valence-electron chi connectivity index (χ3n) is 2.68. The number of benzene rings is 1. The molecular formula is C11H5F2N7O4. The number of nitro groups is 1. The molecule has 1 aromatic heterocycles. The summed E-state index contributed by atoms with van der Waals surface area (Å²) in [5.74, 6) is -5.65. The van der Waals surface area contributed by atoms with Crippen molar-refractivity contribution in [2.24, 2.45) is 0 Å². The summed E-state index contributed by atoms with van der Waals surface area (Å²) in [5, 5.41) is 42.9. The number of anilines is 1. The molecule has 0 aliphatic rings. The molecule has 11 nitrogen and oxygen atoms in total. The fraction of sp³-hybridized carbons (Fsp3) is 0. The zero-order valence-electron chi connectivity index (χ0n) is 11.3. The Bertz CT molecular complexity index is 889. The van der Waals surface area contributed by atoms with Crippen molar-refractivity contribution >= 4 is 22.9 Å². The van der Waals surface area contributed by atoms with Crippen LogP contribution in [0.3, 0.4) is 0 Å². The van der Waals surface area contributed by atoms with E-state index in [1.54, 1.807) is 6.07 Å². The number of nitrogens with one attached hydrogen (secondary N) is 2. The third-order valence-corrected chi connectivity index (χ3v) is 2.68. The Morgan fingerprint density at radius 1 is 1.50 bits per heavy atom. The number of nitro benzene ring substituents is 1. The standard InChI is InChI=1S/C11H5F2N7O4/c12-7-5(11(21)22)1-6(20(23)24)9(8(7)13)15-3-4(2-14)10-16-18-19-17-10/h1,3,15H,(H,21,22)(H,16,17,18,19). The highest BCUT2D eigenvalue weighted by atomic mass is 19.2. The molecule has 0 atom stereocenters. The Labute approximate surface area is 130 Å². The fourth-order valence-corrected chi connectivity index (χ4v) is 1.62. The van der Waals surface area contributed by atoms with Gasteiger partial charge in [-0.1, -0.05) is 0 Å². The summed E-state index contributed by atoms with van der Waals surface area (Å²) < 4.78 is 27.7. The Balaban J connectivity index is 2.54. The molecule has 24 heavy (non-hydrogen) atoms. The van der Waals surface area contributed by atoms with Gasteiger partial charge in [-0.3, -0.25) is 10.1 Å². The summed E-state index contributed by atoms with van der Waals surface area (Å²) >= 11 is 0. The maximum atomic E-state index is 14.0. The van der Waals surface area contributed by atoms with Gasteiger partial charge < -0.3 is 10.4 Å². The lowest BCUT2D eigenvalue weighted by molar-refractivity contribution is -0.384. The van der Waals surface area contributed by atoms with Crippen molar-refractivity contribution in [1.82, 2.24) is 20.6 Å². The second-order valence-corrected chi connectivity index (χ2v) is 4.06. The van der Waals surface area contributed by atoms with Gasteiger partial charge in [0.25, 0.3) is 5.69 Å². The van der Waals surface area contributed by atoms with Crippen LogP contribution >= 0.6 is 0 Å². The second-order valence-electron chi connectivity index (χ2n) is 4.06. The number of hydrogen-bond acceptors (Lipinski definition) is 8. The molecule has 1 aromatic carbocycles. The molecule has 0 saturated heterocycles. The number of aromatic nitrogens is 4. The van der Waals surface area contributed by atoms with Gasteiger partial charge in [0, 0.05) is 12.3 Å². The summed E-state index contributed by atoms with van der Waals surface area (Å²) in [6, 6.07) is 1.98. The average molecular weight is 337 g/mol. The Morgan fingerprint density at radius 3 is 2.71 bits per heavy atom. The van der Waals surface area contributed by atoms with Crippen LogP contribution < -0.4 is 5.32 Å². The van der Waals surface area contributed by atoms with E-state index >= 15 is 0 Å². The first-order chi connectivity index (χ1) is 11.4. The lowest BCUT2D eigenvalue weighted by Crippen LogP contribution is -2.09. The fourth-order valence-electron chi connectivity index (χ4n) is 1.62. The van der Waals surface area contributed by atoms with Crippen molar-refractivity contribution in [3.63, 3.8) is 0 Å². The van der Waals surface area contributed by atoms with Crippen LogP contribution in [-0.2, 0) is 0 Å². The number of aromatic amines is 1. The summed E-state index contributed by atoms with van der Waals surface area (Å²) in [4.78, 5) is 20.7. The van der Waals surface area contributed by atoms with Gasteiger partial charge in [0.2, 0.25) is 5.82 Å². The number of aromatic carboxylic acids is 1. The van der Waals surface area contributed by atoms with Gasteiger partial charge in [-0.2, -0.15) is 10.5 Å². The number of allylic oxidation sites excluding steroid dienone is 1. The summed E-state index contributed by atoms with van der Waals surface area (Å²) in [5.41, 5.74) is -3.49. The normalized spacial score (nSPS) is 11.0. The van der Waals surface area contributed by atoms with Gasteiger partial charge >= 0.3 is 5.97 Å². The molecule has 2 rings (SSSR count). The molecule has 1 heterocycles. The van der Waals surface area contributed by atoms with Crippen LogP contribution in [0.2, 0.25) is 0 Å². The van der Waals surface area contributed by atoms with Gasteiger partial charge in [0.1, 0.15) is 17.2 Å². The summed E-state index contributed by atoms with van der Waals surface area (Å²) in [6.07, 6.45) is 0.788. The van der Waals surface area contributed by atoms with Gasteiger partial charge in [0.05, 0.1) is 4.92 Å². The molecule has 0 unspecified atom stereocenters. The number of rotatable bonds is 5. The molecule has 0 fully saturated rings. The Morgan fingerprint density at radius 2 is 2.21 bits per heavy atom. The lowest BCUT2D eigenvalue weighted by Gasteiger charge is -2.07. The summed E-state index contributed by atoms with van der Waals surface area (Å²) in [7, 11) is 0. The van der Waals surface area contributed by atoms with Crippen LogP contribution in [0.4, 0.5) is 20.2 Å². The summed E-state index contributed by atoms with van der Waals surface area (Å²) in [6.45, 7) is 0. The van der Waals surface area contributed by atoms with Crippen LogP contribution in [0.15, 0.2) is 12.3 Å². The molecule has 0 saturated carbocycles. The third kappa shape index (κ3) is 2.97. The van der Waals surface area contributed by atoms with Crippen LogP contribution in [0.5, 0.6) is 0 Å². The molecule has 3 N–H and O–H groups in total. The van der Waals surface area contributed by atoms with Crippen LogP contribution in [-0.4, -0.2) is 36.6 Å². The highest BCUT2D eigenvalue weighted by Gasteiger charge is 2.28. The monoisotopic (exact) mass is 337 g/mol. The van der Waals surface area contributed by atoms with Gasteiger partial charge in [-0.15, -0.1) is 10.2 Å². The number of nitriles is 1. The Kier molecular flexibility index (Phi) is 4.40.